The minimum Gasteiger partial charge on any atom is -0.396 e. The number of carbonyl (C=O) groups is 2. The van der Waals surface area contributed by atoms with Crippen molar-refractivity contribution in [1.29, 1.82) is 0 Å². The number of rotatable bonds is 4. The smallest absolute Gasteiger partial charge is 0.263 e. The second-order valence-electron chi connectivity index (χ2n) is 3.61. The fraction of sp³-hybridized carbons (Fsp3) is 0.364. The van der Waals surface area contributed by atoms with Crippen LogP contribution < -0.4 is 0 Å². The number of aliphatic hydroxyl groups is 1. The standard InChI is InChI=1S/C11H12N2O3/c14-6-2-1-5-13-10(15)8-3-4-12-7-9(8)11(13)16/h3-4,7,14H,1-2,5-6H2. The van der Waals surface area contributed by atoms with Crippen LogP contribution in [0.15, 0.2) is 18.5 Å². The van der Waals surface area contributed by atoms with Crippen LogP contribution in [0, 0.1) is 0 Å². The van der Waals surface area contributed by atoms with Crippen LogP contribution in [0.2, 0.25) is 0 Å². The molecular formula is C11H12N2O3. The Bertz CT molecular complexity index is 396. The molecule has 2 rings (SSSR count). The largest absolute Gasteiger partial charge is 0.396 e. The molecule has 1 aliphatic heterocycles. The van der Waals surface area contributed by atoms with E-state index in [1.807, 2.05) is 0 Å². The van der Waals surface area contributed by atoms with Crippen LogP contribution in [0.3, 0.4) is 0 Å². The van der Waals surface area contributed by atoms with Crippen molar-refractivity contribution in [2.45, 2.75) is 12.8 Å². The molecule has 84 valence electrons. The molecule has 0 aliphatic carbocycles. The Labute approximate surface area is 92.7 Å². The molecule has 0 radical (unpaired) electrons. The van der Waals surface area contributed by atoms with Gasteiger partial charge in [0, 0.05) is 25.5 Å². The molecule has 16 heavy (non-hydrogen) atoms. The Morgan fingerprint density at radius 1 is 1.19 bits per heavy atom. The molecule has 1 aromatic heterocycles. The molecule has 0 unspecified atom stereocenters. The second kappa shape index (κ2) is 4.40. The zero-order valence-corrected chi connectivity index (χ0v) is 8.72. The number of nitrogens with zero attached hydrogens (tertiary/aromatic N) is 2. The summed E-state index contributed by atoms with van der Waals surface area (Å²) < 4.78 is 0. The molecule has 5 nitrogen and oxygen atoms in total. The highest BCUT2D eigenvalue weighted by Gasteiger charge is 2.34. The molecule has 2 amide bonds. The van der Waals surface area contributed by atoms with E-state index in [1.54, 1.807) is 6.07 Å². The first-order valence-electron chi connectivity index (χ1n) is 5.16. The summed E-state index contributed by atoms with van der Waals surface area (Å²) in [6.45, 7) is 0.428. The number of carbonyl (C=O) groups excluding carboxylic acids is 2. The minimum absolute atomic E-state index is 0.0741. The molecule has 2 heterocycles. The summed E-state index contributed by atoms with van der Waals surface area (Å²) in [6, 6.07) is 1.56. The Kier molecular flexibility index (Phi) is 2.96. The van der Waals surface area contributed by atoms with Crippen molar-refractivity contribution in [3.8, 4) is 0 Å². The van der Waals surface area contributed by atoms with Gasteiger partial charge in [-0.05, 0) is 18.9 Å². The van der Waals surface area contributed by atoms with E-state index in [1.165, 1.54) is 17.3 Å². The number of amides is 2. The lowest BCUT2D eigenvalue weighted by Gasteiger charge is -2.12. The quantitative estimate of drug-likeness (QED) is 0.590. The fourth-order valence-electron chi connectivity index (χ4n) is 1.72. The van der Waals surface area contributed by atoms with E-state index >= 15 is 0 Å². The second-order valence-corrected chi connectivity index (χ2v) is 3.61. The van der Waals surface area contributed by atoms with E-state index in [-0.39, 0.29) is 18.4 Å². The van der Waals surface area contributed by atoms with Crippen LogP contribution in [0.1, 0.15) is 33.6 Å². The molecule has 0 atom stereocenters. The van der Waals surface area contributed by atoms with Crippen molar-refractivity contribution in [2.24, 2.45) is 0 Å². The lowest BCUT2D eigenvalue weighted by Crippen LogP contribution is -2.30. The Balaban J connectivity index is 2.15. The predicted octanol–water partition coefficient (Wildman–Crippen LogP) is 0.450. The fourth-order valence-corrected chi connectivity index (χ4v) is 1.72. The van der Waals surface area contributed by atoms with Gasteiger partial charge in [-0.3, -0.25) is 19.5 Å². The topological polar surface area (TPSA) is 70.5 Å². The molecule has 0 aromatic carbocycles. The Morgan fingerprint density at radius 3 is 2.62 bits per heavy atom. The molecular weight excluding hydrogens is 208 g/mol. The number of aromatic nitrogens is 1. The highest BCUT2D eigenvalue weighted by Crippen LogP contribution is 2.21. The van der Waals surface area contributed by atoms with Crippen LogP contribution in [-0.4, -0.2) is 40.0 Å². The maximum atomic E-state index is 11.8. The third-order valence-corrected chi connectivity index (χ3v) is 2.56. The molecule has 0 saturated heterocycles. The highest BCUT2D eigenvalue weighted by atomic mass is 16.3. The van der Waals surface area contributed by atoms with Crippen molar-refractivity contribution in [3.05, 3.63) is 29.6 Å². The van der Waals surface area contributed by atoms with E-state index in [0.717, 1.165) is 0 Å². The van der Waals surface area contributed by atoms with E-state index < -0.39 is 0 Å². The molecule has 5 heteroatoms. The maximum absolute atomic E-state index is 11.8. The third kappa shape index (κ3) is 1.69. The van der Waals surface area contributed by atoms with Gasteiger partial charge >= 0.3 is 0 Å². The van der Waals surface area contributed by atoms with E-state index in [2.05, 4.69) is 4.98 Å². The van der Waals surface area contributed by atoms with Crippen molar-refractivity contribution in [2.75, 3.05) is 13.2 Å². The number of hydrogen-bond donors (Lipinski definition) is 1. The van der Waals surface area contributed by atoms with E-state index in [0.29, 0.717) is 30.5 Å². The first-order valence-corrected chi connectivity index (χ1v) is 5.16. The van der Waals surface area contributed by atoms with Crippen LogP contribution >= 0.6 is 0 Å². The lowest BCUT2D eigenvalue weighted by atomic mass is 10.2. The average molecular weight is 220 g/mol. The zero-order chi connectivity index (χ0) is 11.5. The van der Waals surface area contributed by atoms with E-state index in [4.69, 9.17) is 5.11 Å². The number of pyridine rings is 1. The first kappa shape index (κ1) is 10.8. The normalized spacial score (nSPS) is 14.4. The number of fused-ring (bicyclic) bond motifs is 1. The minimum atomic E-state index is -0.286. The molecule has 1 N–H and O–H groups in total. The van der Waals surface area contributed by atoms with Crippen LogP contribution in [-0.2, 0) is 0 Å². The molecule has 0 bridgehead atoms. The van der Waals surface area contributed by atoms with Gasteiger partial charge in [0.05, 0.1) is 11.1 Å². The number of unbranched alkanes of at least 4 members (excludes halogenated alkanes) is 1. The van der Waals surface area contributed by atoms with Gasteiger partial charge in [-0.15, -0.1) is 0 Å². The summed E-state index contributed by atoms with van der Waals surface area (Å²) in [4.78, 5) is 28.7. The molecule has 1 aromatic rings. The predicted molar refractivity (Wildman–Crippen MR) is 55.9 cm³/mol. The van der Waals surface area contributed by atoms with Gasteiger partial charge < -0.3 is 5.11 Å². The zero-order valence-electron chi connectivity index (χ0n) is 8.72. The van der Waals surface area contributed by atoms with Gasteiger partial charge in [0.1, 0.15) is 0 Å². The monoisotopic (exact) mass is 220 g/mol. The first-order chi connectivity index (χ1) is 7.75. The van der Waals surface area contributed by atoms with E-state index in [9.17, 15) is 9.59 Å². The molecule has 0 saturated carbocycles. The molecule has 1 aliphatic rings. The van der Waals surface area contributed by atoms with Crippen LogP contribution in [0.25, 0.3) is 0 Å². The summed E-state index contributed by atoms with van der Waals surface area (Å²) >= 11 is 0. The van der Waals surface area contributed by atoms with Gasteiger partial charge in [0.15, 0.2) is 0 Å². The summed E-state index contributed by atoms with van der Waals surface area (Å²) in [7, 11) is 0. The van der Waals surface area contributed by atoms with Crippen molar-refractivity contribution in [1.82, 2.24) is 9.88 Å². The summed E-state index contributed by atoms with van der Waals surface area (Å²) in [5.74, 6) is -0.550. The molecule has 0 fully saturated rings. The van der Waals surface area contributed by atoms with Crippen molar-refractivity contribution >= 4 is 11.8 Å². The Hall–Kier alpha value is -1.75. The van der Waals surface area contributed by atoms with Crippen LogP contribution in [0.5, 0.6) is 0 Å². The SMILES string of the molecule is O=C1c2ccncc2C(=O)N1CCCCO. The average Bonchev–Trinajstić information content (AvgIpc) is 2.55. The van der Waals surface area contributed by atoms with Crippen molar-refractivity contribution < 1.29 is 14.7 Å². The van der Waals surface area contributed by atoms with Gasteiger partial charge in [0.25, 0.3) is 11.8 Å². The van der Waals surface area contributed by atoms with Gasteiger partial charge in [-0.25, -0.2) is 0 Å². The van der Waals surface area contributed by atoms with Crippen molar-refractivity contribution in [3.63, 3.8) is 0 Å². The summed E-state index contributed by atoms with van der Waals surface area (Å²) in [5, 5.41) is 8.65. The number of hydrogen-bond acceptors (Lipinski definition) is 4. The number of aliphatic hydroxyl groups excluding tert-OH is 1. The van der Waals surface area contributed by atoms with Gasteiger partial charge in [-0.2, -0.15) is 0 Å². The maximum Gasteiger partial charge on any atom is 0.263 e. The summed E-state index contributed by atoms with van der Waals surface area (Å²) in [5.41, 5.74) is 0.792. The molecule has 0 spiro atoms. The highest BCUT2D eigenvalue weighted by molar-refractivity contribution is 6.21. The van der Waals surface area contributed by atoms with Gasteiger partial charge in [-0.1, -0.05) is 0 Å². The summed E-state index contributed by atoms with van der Waals surface area (Å²) in [6.07, 6.45) is 4.13. The van der Waals surface area contributed by atoms with Crippen LogP contribution in [0.4, 0.5) is 0 Å². The number of imide groups is 1. The Morgan fingerprint density at radius 2 is 1.94 bits per heavy atom. The lowest BCUT2D eigenvalue weighted by molar-refractivity contribution is 0.0649. The van der Waals surface area contributed by atoms with Gasteiger partial charge in [0.2, 0.25) is 0 Å². The third-order valence-electron chi connectivity index (χ3n) is 2.56.